The molecule has 0 bridgehead atoms. The van der Waals surface area contributed by atoms with E-state index in [9.17, 15) is 0 Å². The van der Waals surface area contributed by atoms with Crippen molar-refractivity contribution in [1.29, 1.82) is 0 Å². The van der Waals surface area contributed by atoms with Gasteiger partial charge in [0.15, 0.2) is 0 Å². The van der Waals surface area contributed by atoms with Gasteiger partial charge in [0.1, 0.15) is 0 Å². The fourth-order valence-electron chi connectivity index (χ4n) is 9.16. The number of hydrogen-bond acceptors (Lipinski definition) is 2. The lowest BCUT2D eigenvalue weighted by atomic mass is 9.33. The zero-order valence-corrected chi connectivity index (χ0v) is 31.3. The highest BCUT2D eigenvalue weighted by Crippen LogP contribution is 2.49. The van der Waals surface area contributed by atoms with E-state index in [0.29, 0.717) is 0 Å². The topological polar surface area (TPSA) is 6.48 Å². The Labute approximate surface area is 334 Å². The summed E-state index contributed by atoms with van der Waals surface area (Å²) in [6, 6.07) is 82.0. The minimum atomic E-state index is 0.00313. The lowest BCUT2D eigenvalue weighted by molar-refractivity contribution is 1.25. The van der Waals surface area contributed by atoms with Crippen LogP contribution in [0.3, 0.4) is 0 Å². The average Bonchev–Trinajstić information content (AvgIpc) is 3.30. The predicted octanol–water partition coefficient (Wildman–Crippen LogP) is 12.4. The molecule has 0 N–H and O–H groups in total. The van der Waals surface area contributed by atoms with Gasteiger partial charge in [-0.3, -0.25) is 0 Å². The highest BCUT2D eigenvalue weighted by Gasteiger charge is 2.44. The molecule has 2 aliphatic heterocycles. The van der Waals surface area contributed by atoms with E-state index in [1.165, 1.54) is 83.6 Å². The Kier molecular flexibility index (Phi) is 7.96. The first kappa shape index (κ1) is 33.0. The van der Waals surface area contributed by atoms with E-state index in [1.54, 1.807) is 0 Å². The molecule has 0 unspecified atom stereocenters. The number of rotatable bonds is 6. The van der Waals surface area contributed by atoms with Gasteiger partial charge in [0.25, 0.3) is 6.71 Å². The number of nitrogens with zero attached hydrogens (tertiary/aromatic N) is 2. The maximum atomic E-state index is 2.53. The van der Waals surface area contributed by atoms with Crippen molar-refractivity contribution < 1.29 is 0 Å². The molecule has 2 aliphatic rings. The van der Waals surface area contributed by atoms with Crippen molar-refractivity contribution in [2.75, 3.05) is 9.80 Å². The minimum Gasteiger partial charge on any atom is -0.311 e. The maximum absolute atomic E-state index is 2.53. The lowest BCUT2D eigenvalue weighted by Gasteiger charge is -2.45. The largest absolute Gasteiger partial charge is 0.311 e. The van der Waals surface area contributed by atoms with Crippen LogP contribution in [0.4, 0.5) is 34.1 Å². The third-order valence-electron chi connectivity index (χ3n) is 11.6. The molecular weight excluding hydrogens is 687 g/mol. The van der Waals surface area contributed by atoms with Crippen molar-refractivity contribution in [1.82, 2.24) is 0 Å². The summed E-state index contributed by atoms with van der Waals surface area (Å²) in [4.78, 5) is 5.06. The normalized spacial score (nSPS) is 12.5. The summed E-state index contributed by atoms with van der Waals surface area (Å²) in [5.41, 5.74) is 20.6. The molecule has 0 fully saturated rings. The third-order valence-corrected chi connectivity index (χ3v) is 11.6. The van der Waals surface area contributed by atoms with E-state index >= 15 is 0 Å². The fraction of sp³-hybridized carbons (Fsp3) is 0. The van der Waals surface area contributed by atoms with Crippen molar-refractivity contribution in [2.24, 2.45) is 0 Å². The number of benzene rings is 9. The van der Waals surface area contributed by atoms with Gasteiger partial charge in [-0.2, -0.15) is 0 Å². The second-order valence-corrected chi connectivity index (χ2v) is 14.9. The molecule has 0 spiro atoms. The van der Waals surface area contributed by atoms with Crippen LogP contribution >= 0.6 is 0 Å². The first-order chi connectivity index (χ1) is 28.3. The van der Waals surface area contributed by atoms with Crippen molar-refractivity contribution in [3.8, 4) is 44.5 Å². The van der Waals surface area contributed by atoms with Crippen LogP contribution < -0.4 is 26.2 Å². The predicted molar refractivity (Wildman–Crippen MR) is 242 cm³/mol. The Morgan fingerprint density at radius 3 is 1.46 bits per heavy atom. The summed E-state index contributed by atoms with van der Waals surface area (Å²) in [7, 11) is 0. The lowest BCUT2D eigenvalue weighted by Crippen LogP contribution is -2.61. The molecule has 3 heteroatoms. The number of fused-ring (bicyclic) bond motifs is 4. The SMILES string of the molecule is c1ccc(-c2cccc(N3c4cccc5c4B(c4ccc(-c6ccccc6)cc4N5c4ccccc4-c4ccccc4)c4cccc(-c5ccccc5)c43)c2)cc1. The Morgan fingerprint density at radius 1 is 0.281 bits per heavy atom. The second-order valence-electron chi connectivity index (χ2n) is 14.9. The summed E-state index contributed by atoms with van der Waals surface area (Å²) in [5.74, 6) is 0. The Balaban J connectivity index is 1.22. The van der Waals surface area contributed by atoms with Crippen LogP contribution in [0.25, 0.3) is 44.5 Å². The smallest absolute Gasteiger partial charge is 0.252 e. The Morgan fingerprint density at radius 2 is 0.772 bits per heavy atom. The second kappa shape index (κ2) is 13.7. The van der Waals surface area contributed by atoms with Gasteiger partial charge in [-0.1, -0.05) is 188 Å². The number of hydrogen-bond donors (Lipinski definition) is 0. The molecule has 11 rings (SSSR count). The molecule has 2 nitrogen and oxygen atoms in total. The van der Waals surface area contributed by atoms with Crippen molar-refractivity contribution in [2.45, 2.75) is 0 Å². The monoisotopic (exact) mass is 724 g/mol. The maximum Gasteiger partial charge on any atom is 0.252 e. The van der Waals surface area contributed by atoms with Gasteiger partial charge in [0.2, 0.25) is 0 Å². The highest BCUT2D eigenvalue weighted by atomic mass is 15.2. The zero-order chi connectivity index (χ0) is 37.7. The van der Waals surface area contributed by atoms with E-state index in [2.05, 4.69) is 234 Å². The molecular formula is C54H37BN2. The molecule has 2 heterocycles. The summed E-state index contributed by atoms with van der Waals surface area (Å²) in [6.07, 6.45) is 0. The molecule has 0 saturated heterocycles. The summed E-state index contributed by atoms with van der Waals surface area (Å²) < 4.78 is 0. The minimum absolute atomic E-state index is 0.00313. The zero-order valence-electron chi connectivity index (χ0n) is 31.3. The molecule has 266 valence electrons. The molecule has 0 atom stereocenters. The number of para-hydroxylation sites is 2. The molecule has 9 aromatic carbocycles. The van der Waals surface area contributed by atoms with Crippen LogP contribution in [0.15, 0.2) is 224 Å². The van der Waals surface area contributed by atoms with Gasteiger partial charge < -0.3 is 9.80 Å². The van der Waals surface area contributed by atoms with Gasteiger partial charge >= 0.3 is 0 Å². The van der Waals surface area contributed by atoms with Crippen molar-refractivity contribution >= 4 is 57.2 Å². The molecule has 0 aromatic heterocycles. The van der Waals surface area contributed by atoms with Crippen LogP contribution in [0, 0.1) is 0 Å². The van der Waals surface area contributed by atoms with Crippen LogP contribution in [-0.2, 0) is 0 Å². The first-order valence-electron chi connectivity index (χ1n) is 19.7. The van der Waals surface area contributed by atoms with Gasteiger partial charge in [-0.05, 0) is 86.2 Å². The summed E-state index contributed by atoms with van der Waals surface area (Å²) in [5, 5.41) is 0. The fourth-order valence-corrected chi connectivity index (χ4v) is 9.16. The van der Waals surface area contributed by atoms with E-state index in [4.69, 9.17) is 0 Å². The quantitative estimate of drug-likeness (QED) is 0.158. The van der Waals surface area contributed by atoms with E-state index in [1.807, 2.05) is 0 Å². The van der Waals surface area contributed by atoms with Crippen LogP contribution in [0.1, 0.15) is 0 Å². The van der Waals surface area contributed by atoms with Gasteiger partial charge in [-0.15, -0.1) is 0 Å². The Bertz CT molecular complexity index is 2890. The summed E-state index contributed by atoms with van der Waals surface area (Å²) in [6.45, 7) is 0.00313. The van der Waals surface area contributed by atoms with Gasteiger partial charge in [0.05, 0.1) is 5.69 Å². The average molecular weight is 725 g/mol. The molecule has 0 saturated carbocycles. The van der Waals surface area contributed by atoms with Crippen LogP contribution in [-0.4, -0.2) is 6.71 Å². The van der Waals surface area contributed by atoms with E-state index < -0.39 is 0 Å². The standard InChI is InChI=1S/C54H37BN2/c1-5-18-38(19-6-1)42-26-15-27-44(36-42)56-50-32-17-33-51-53(50)55(48-30-16-29-46(54(48)56)41-24-11-4-12-25-41)47-35-34-43(39-20-7-2-8-21-39)37-52(47)57(51)49-31-14-13-28-45(49)40-22-9-3-10-23-40/h1-37H. The van der Waals surface area contributed by atoms with Crippen molar-refractivity contribution in [3.63, 3.8) is 0 Å². The molecule has 0 aliphatic carbocycles. The van der Waals surface area contributed by atoms with Crippen molar-refractivity contribution in [3.05, 3.63) is 224 Å². The van der Waals surface area contributed by atoms with E-state index in [-0.39, 0.29) is 6.71 Å². The van der Waals surface area contributed by atoms with Gasteiger partial charge in [0, 0.05) is 39.6 Å². The summed E-state index contributed by atoms with van der Waals surface area (Å²) >= 11 is 0. The van der Waals surface area contributed by atoms with E-state index in [0.717, 1.165) is 11.4 Å². The molecule has 57 heavy (non-hydrogen) atoms. The van der Waals surface area contributed by atoms with Crippen LogP contribution in [0.2, 0.25) is 0 Å². The number of anilines is 6. The Hall–Kier alpha value is -7.36. The molecule has 0 radical (unpaired) electrons. The third kappa shape index (κ3) is 5.51. The van der Waals surface area contributed by atoms with Gasteiger partial charge in [-0.25, -0.2) is 0 Å². The van der Waals surface area contributed by atoms with Crippen LogP contribution in [0.5, 0.6) is 0 Å². The molecule has 0 amide bonds. The molecule has 9 aromatic rings. The first-order valence-corrected chi connectivity index (χ1v) is 19.7. The highest BCUT2D eigenvalue weighted by molar-refractivity contribution is 7.00.